The number of fused-ring (bicyclic) bond motifs is 2. The van der Waals surface area contributed by atoms with Crippen LogP contribution in [-0.4, -0.2) is 23.9 Å². The zero-order valence-electron chi connectivity index (χ0n) is 10.9. The molecule has 0 aliphatic carbocycles. The van der Waals surface area contributed by atoms with Gasteiger partial charge in [0.1, 0.15) is 0 Å². The third-order valence-corrected chi connectivity index (χ3v) is 3.48. The summed E-state index contributed by atoms with van der Waals surface area (Å²) in [7, 11) is 1.98. The van der Waals surface area contributed by atoms with Crippen LogP contribution in [0.5, 0.6) is 0 Å². The molecule has 0 saturated carbocycles. The number of anilines is 1. The lowest BCUT2D eigenvalue weighted by Gasteiger charge is -2.07. The topological polar surface area (TPSA) is 74.0 Å². The molecule has 0 fully saturated rings. The van der Waals surface area contributed by atoms with Gasteiger partial charge in [0.05, 0.1) is 29.3 Å². The Morgan fingerprint density at radius 3 is 2.95 bits per heavy atom. The lowest BCUT2D eigenvalue weighted by atomic mass is 10.1. The van der Waals surface area contributed by atoms with Crippen LogP contribution >= 0.6 is 0 Å². The largest absolute Gasteiger partial charge is 0.381 e. The first-order chi connectivity index (χ1) is 9.74. The van der Waals surface area contributed by atoms with Crippen LogP contribution in [0.3, 0.4) is 0 Å². The summed E-state index contributed by atoms with van der Waals surface area (Å²) in [6, 6.07) is 6.13. The molecule has 4 aromatic rings. The number of nitrogens with zero attached hydrogens (tertiary/aromatic N) is 5. The van der Waals surface area contributed by atoms with Crippen molar-refractivity contribution < 1.29 is 0 Å². The Balaban J connectivity index is 2.03. The molecule has 0 amide bonds. The number of nitrogen functional groups attached to an aromatic ring is 1. The van der Waals surface area contributed by atoms with Crippen LogP contribution in [0.1, 0.15) is 0 Å². The van der Waals surface area contributed by atoms with Gasteiger partial charge >= 0.3 is 0 Å². The third-order valence-electron chi connectivity index (χ3n) is 3.48. The molecule has 0 radical (unpaired) electrons. The molecule has 0 atom stereocenters. The van der Waals surface area contributed by atoms with Gasteiger partial charge in [-0.25, -0.2) is 15.0 Å². The van der Waals surface area contributed by atoms with Gasteiger partial charge in [-0.3, -0.25) is 4.40 Å². The van der Waals surface area contributed by atoms with Crippen molar-refractivity contribution in [1.29, 1.82) is 0 Å². The first kappa shape index (κ1) is 11.0. The fraction of sp³-hybridized carbons (Fsp3) is 0.0714. The molecule has 2 N–H and O–H groups in total. The molecule has 3 aromatic heterocycles. The molecule has 0 aliphatic rings. The summed E-state index contributed by atoms with van der Waals surface area (Å²) in [5.74, 6) is 0.431. The van der Waals surface area contributed by atoms with E-state index in [-0.39, 0.29) is 0 Å². The van der Waals surface area contributed by atoms with Crippen LogP contribution in [0.15, 0.2) is 43.1 Å². The van der Waals surface area contributed by atoms with Crippen molar-refractivity contribution in [1.82, 2.24) is 23.9 Å². The van der Waals surface area contributed by atoms with Crippen LogP contribution in [-0.2, 0) is 7.05 Å². The maximum absolute atomic E-state index is 5.84. The van der Waals surface area contributed by atoms with E-state index < -0.39 is 0 Å². The average Bonchev–Trinajstić information content (AvgIpc) is 3.07. The lowest BCUT2D eigenvalue weighted by molar-refractivity contribution is 0.947. The van der Waals surface area contributed by atoms with Gasteiger partial charge < -0.3 is 10.3 Å². The first-order valence-electron chi connectivity index (χ1n) is 6.23. The Morgan fingerprint density at radius 2 is 2.05 bits per heavy atom. The molecule has 6 nitrogen and oxygen atoms in total. The quantitative estimate of drug-likeness (QED) is 0.569. The Morgan fingerprint density at radius 1 is 1.15 bits per heavy atom. The monoisotopic (exact) mass is 264 g/mol. The van der Waals surface area contributed by atoms with Crippen molar-refractivity contribution >= 4 is 22.5 Å². The predicted molar refractivity (Wildman–Crippen MR) is 77.1 cm³/mol. The minimum atomic E-state index is 0.431. The molecule has 6 heteroatoms. The molecule has 20 heavy (non-hydrogen) atoms. The van der Waals surface area contributed by atoms with Crippen molar-refractivity contribution in [3.05, 3.63) is 43.1 Å². The molecule has 1 aromatic carbocycles. The number of hydrogen-bond donors (Lipinski definition) is 1. The van der Waals surface area contributed by atoms with Crippen molar-refractivity contribution in [3.8, 4) is 11.3 Å². The lowest BCUT2D eigenvalue weighted by Crippen LogP contribution is -1.99. The van der Waals surface area contributed by atoms with Crippen molar-refractivity contribution in [2.45, 2.75) is 0 Å². The van der Waals surface area contributed by atoms with E-state index >= 15 is 0 Å². The zero-order chi connectivity index (χ0) is 13.7. The van der Waals surface area contributed by atoms with E-state index in [2.05, 4.69) is 21.0 Å². The average molecular weight is 264 g/mol. The number of aromatic nitrogens is 5. The van der Waals surface area contributed by atoms with Crippen molar-refractivity contribution in [2.75, 3.05) is 5.73 Å². The highest BCUT2D eigenvalue weighted by Crippen LogP contribution is 2.25. The van der Waals surface area contributed by atoms with Crippen molar-refractivity contribution in [2.24, 2.45) is 7.05 Å². The van der Waals surface area contributed by atoms with Gasteiger partial charge in [-0.05, 0) is 12.1 Å². The number of aryl methyl sites for hydroxylation is 1. The molecule has 0 saturated heterocycles. The van der Waals surface area contributed by atoms with Crippen LogP contribution in [0.25, 0.3) is 27.9 Å². The SMILES string of the molecule is Cn1cnc2ccc(-c3cnc(N)c4nccn34)cc21. The summed E-state index contributed by atoms with van der Waals surface area (Å²) in [5.41, 5.74) is 10.6. The van der Waals surface area contributed by atoms with Gasteiger partial charge in [0, 0.05) is 25.0 Å². The minimum Gasteiger partial charge on any atom is -0.381 e. The zero-order valence-corrected chi connectivity index (χ0v) is 10.9. The van der Waals surface area contributed by atoms with Gasteiger partial charge in [-0.1, -0.05) is 6.07 Å². The molecule has 98 valence electrons. The first-order valence-corrected chi connectivity index (χ1v) is 6.23. The van der Waals surface area contributed by atoms with Crippen LogP contribution in [0.2, 0.25) is 0 Å². The van der Waals surface area contributed by atoms with E-state index in [4.69, 9.17) is 5.73 Å². The van der Waals surface area contributed by atoms with E-state index in [1.807, 2.05) is 40.7 Å². The van der Waals surface area contributed by atoms with Crippen molar-refractivity contribution in [3.63, 3.8) is 0 Å². The highest BCUT2D eigenvalue weighted by molar-refractivity contribution is 5.82. The highest BCUT2D eigenvalue weighted by Gasteiger charge is 2.09. The Kier molecular flexibility index (Phi) is 2.09. The van der Waals surface area contributed by atoms with Crippen LogP contribution in [0.4, 0.5) is 5.82 Å². The number of hydrogen-bond acceptors (Lipinski definition) is 4. The summed E-state index contributed by atoms with van der Waals surface area (Å²) in [4.78, 5) is 12.8. The second-order valence-electron chi connectivity index (χ2n) is 4.71. The van der Waals surface area contributed by atoms with Gasteiger partial charge in [-0.15, -0.1) is 0 Å². The molecule has 4 rings (SSSR count). The summed E-state index contributed by atoms with van der Waals surface area (Å²) in [5, 5.41) is 0. The van der Waals surface area contributed by atoms with E-state index in [9.17, 15) is 0 Å². The van der Waals surface area contributed by atoms with Gasteiger partial charge in [-0.2, -0.15) is 0 Å². The van der Waals surface area contributed by atoms with E-state index in [0.29, 0.717) is 11.5 Å². The second-order valence-corrected chi connectivity index (χ2v) is 4.71. The Bertz CT molecular complexity index is 933. The van der Waals surface area contributed by atoms with Gasteiger partial charge in [0.15, 0.2) is 11.5 Å². The summed E-state index contributed by atoms with van der Waals surface area (Å²) in [6.45, 7) is 0. The molecule has 3 heterocycles. The summed E-state index contributed by atoms with van der Waals surface area (Å²) >= 11 is 0. The fourth-order valence-electron chi connectivity index (χ4n) is 2.44. The van der Waals surface area contributed by atoms with E-state index in [1.54, 1.807) is 12.4 Å². The maximum Gasteiger partial charge on any atom is 0.180 e. The van der Waals surface area contributed by atoms with E-state index in [0.717, 1.165) is 22.3 Å². The smallest absolute Gasteiger partial charge is 0.180 e. The standard InChI is InChI=1S/C14H12N6/c1-19-8-18-10-3-2-9(6-11(10)19)12-7-17-13(15)14-16-4-5-20(12)14/h2-8H,1H3,(H2,15,17). The summed E-state index contributed by atoms with van der Waals surface area (Å²) < 4.78 is 3.94. The molecular weight excluding hydrogens is 252 g/mol. The maximum atomic E-state index is 5.84. The number of rotatable bonds is 1. The predicted octanol–water partition coefficient (Wildman–Crippen LogP) is 1.87. The van der Waals surface area contributed by atoms with Gasteiger partial charge in [0.25, 0.3) is 0 Å². The summed E-state index contributed by atoms with van der Waals surface area (Å²) in [6.07, 6.45) is 7.18. The normalized spacial score (nSPS) is 11.4. The Hall–Kier alpha value is -2.89. The van der Waals surface area contributed by atoms with Gasteiger partial charge in [0.2, 0.25) is 0 Å². The molecular formula is C14H12N6. The van der Waals surface area contributed by atoms with Crippen LogP contribution < -0.4 is 5.73 Å². The second kappa shape index (κ2) is 3.80. The van der Waals surface area contributed by atoms with E-state index in [1.165, 1.54) is 0 Å². The minimum absolute atomic E-state index is 0.431. The molecule has 0 bridgehead atoms. The number of nitrogens with two attached hydrogens (primary N) is 1. The molecule has 0 aliphatic heterocycles. The third kappa shape index (κ3) is 1.41. The Labute approximate surface area is 114 Å². The van der Waals surface area contributed by atoms with Crippen LogP contribution in [0, 0.1) is 0 Å². The highest BCUT2D eigenvalue weighted by atomic mass is 15.1. The fourth-order valence-corrected chi connectivity index (χ4v) is 2.44. The number of imidazole rings is 2. The number of benzene rings is 1. The molecule has 0 spiro atoms. The molecule has 0 unspecified atom stereocenters.